The van der Waals surface area contributed by atoms with Gasteiger partial charge < -0.3 is 14.7 Å². The molecule has 0 saturated heterocycles. The molecule has 0 saturated carbocycles. The predicted octanol–water partition coefficient (Wildman–Crippen LogP) is 20.9. The van der Waals surface area contributed by atoms with Crippen LogP contribution in [-0.4, -0.2) is 0 Å². The quantitative estimate of drug-likeness (QED) is 0.135. The normalized spacial score (nSPS) is 11.6. The van der Waals surface area contributed by atoms with Crippen LogP contribution in [0.1, 0.15) is 0 Å². The van der Waals surface area contributed by atoms with Gasteiger partial charge in [0.2, 0.25) is 0 Å². The Morgan fingerprint density at radius 3 is 1.25 bits per heavy atom. The SMILES string of the molecule is c1ccc(N(c2ccc(-c3ccc4sc5c(N(c6ccccc6)c6ccc7c(c6)sc6ccccc67)cc(N(c6ccccc6)c6ccccc6)cc5c4c3)cc2)c2ccc3sc4ccccc4c3c2)cc1. The molecule has 11 aromatic carbocycles. The highest BCUT2D eigenvalue weighted by molar-refractivity contribution is 7.27. The second-order valence-corrected chi connectivity index (χ2v) is 21.3. The molecule has 3 heterocycles. The molecule has 0 aliphatic carbocycles. The van der Waals surface area contributed by atoms with Crippen molar-refractivity contribution in [1.29, 1.82) is 0 Å². The van der Waals surface area contributed by atoms with Crippen LogP contribution in [0.2, 0.25) is 0 Å². The number of anilines is 9. The fourth-order valence-corrected chi connectivity index (χ4v) is 13.9. The van der Waals surface area contributed by atoms with Gasteiger partial charge in [-0.25, -0.2) is 0 Å². The van der Waals surface area contributed by atoms with Crippen molar-refractivity contribution in [3.05, 3.63) is 261 Å². The lowest BCUT2D eigenvalue weighted by atomic mass is 10.0. The lowest BCUT2D eigenvalue weighted by Gasteiger charge is -2.30. The van der Waals surface area contributed by atoms with Crippen molar-refractivity contribution in [2.24, 2.45) is 0 Å². The Kier molecular flexibility index (Phi) is 10.4. The standard InChI is InChI=1S/C66H43N3S3/c1-5-17-46(18-6-1)67(51-35-38-63-58(40-51)55-26-14-16-28-62(55)70-63)50-32-29-44(30-33-50)45-31-37-64-57(39-45)59-41-53(68(47-19-7-2-8-20-47)48-21-9-3-10-22-48)42-60(66(59)72-64)69(49-23-11-4-12-24-49)52-34-36-56-54-25-13-15-27-61(54)71-65(56)43-52/h1-43H. The smallest absolute Gasteiger partial charge is 0.0661 e. The Labute approximate surface area is 429 Å². The van der Waals surface area contributed by atoms with Gasteiger partial charge in [0.1, 0.15) is 0 Å². The van der Waals surface area contributed by atoms with Gasteiger partial charge >= 0.3 is 0 Å². The molecule has 0 bridgehead atoms. The molecule has 6 heteroatoms. The maximum atomic E-state index is 2.47. The van der Waals surface area contributed by atoms with Gasteiger partial charge in [-0.05, 0) is 139 Å². The van der Waals surface area contributed by atoms with Crippen LogP contribution in [0.3, 0.4) is 0 Å². The first-order chi connectivity index (χ1) is 35.7. The van der Waals surface area contributed by atoms with Crippen LogP contribution in [0.15, 0.2) is 261 Å². The van der Waals surface area contributed by atoms with Crippen molar-refractivity contribution in [3.63, 3.8) is 0 Å². The number of hydrogen-bond donors (Lipinski definition) is 0. The summed E-state index contributed by atoms with van der Waals surface area (Å²) in [4.78, 5) is 7.23. The van der Waals surface area contributed by atoms with Crippen LogP contribution in [-0.2, 0) is 0 Å². The third kappa shape index (κ3) is 7.39. The second kappa shape index (κ2) is 17.7. The van der Waals surface area contributed by atoms with E-state index in [4.69, 9.17) is 0 Å². The molecule has 0 radical (unpaired) electrons. The molecule has 3 nitrogen and oxygen atoms in total. The molecule has 14 rings (SSSR count). The van der Waals surface area contributed by atoms with Crippen LogP contribution in [0.25, 0.3) is 71.6 Å². The lowest BCUT2D eigenvalue weighted by molar-refractivity contribution is 1.27. The molecule has 0 atom stereocenters. The maximum absolute atomic E-state index is 2.47. The minimum Gasteiger partial charge on any atom is -0.310 e. The number of thiophene rings is 3. The van der Waals surface area contributed by atoms with Crippen LogP contribution < -0.4 is 14.7 Å². The minimum atomic E-state index is 1.09. The summed E-state index contributed by atoms with van der Waals surface area (Å²) in [6, 6.07) is 95.4. The minimum absolute atomic E-state index is 1.09. The summed E-state index contributed by atoms with van der Waals surface area (Å²) in [6.45, 7) is 0. The Morgan fingerprint density at radius 1 is 0.208 bits per heavy atom. The first-order valence-corrected chi connectivity index (χ1v) is 26.7. The molecule has 0 spiro atoms. The Hall–Kier alpha value is -8.52. The number of para-hydroxylation sites is 4. The highest BCUT2D eigenvalue weighted by Crippen LogP contribution is 2.51. The molecule has 0 fully saturated rings. The van der Waals surface area contributed by atoms with Crippen molar-refractivity contribution in [2.45, 2.75) is 0 Å². The molecule has 3 aromatic heterocycles. The van der Waals surface area contributed by atoms with Gasteiger partial charge in [0.05, 0.1) is 10.4 Å². The molecule has 0 aliphatic rings. The van der Waals surface area contributed by atoms with Crippen LogP contribution in [0.5, 0.6) is 0 Å². The average Bonchev–Trinajstić information content (AvgIpc) is 4.13. The Balaban J connectivity index is 0.940. The summed E-state index contributed by atoms with van der Waals surface area (Å²) in [5.74, 6) is 0. The molecule has 0 N–H and O–H groups in total. The van der Waals surface area contributed by atoms with Crippen molar-refractivity contribution < 1.29 is 0 Å². The van der Waals surface area contributed by atoms with Crippen LogP contribution in [0.4, 0.5) is 51.2 Å². The van der Waals surface area contributed by atoms with E-state index in [-0.39, 0.29) is 0 Å². The van der Waals surface area contributed by atoms with E-state index >= 15 is 0 Å². The van der Waals surface area contributed by atoms with Crippen LogP contribution in [0, 0.1) is 0 Å². The maximum Gasteiger partial charge on any atom is 0.0661 e. The van der Waals surface area contributed by atoms with E-state index in [1.807, 2.05) is 34.0 Å². The van der Waals surface area contributed by atoms with Gasteiger partial charge in [-0.1, -0.05) is 133 Å². The van der Waals surface area contributed by atoms with E-state index in [0.29, 0.717) is 0 Å². The molecule has 0 unspecified atom stereocenters. The number of benzene rings is 11. The zero-order chi connectivity index (χ0) is 47.5. The highest BCUT2D eigenvalue weighted by atomic mass is 32.1. The molecule has 340 valence electrons. The van der Waals surface area contributed by atoms with E-state index < -0.39 is 0 Å². The molecular formula is C66H43N3S3. The van der Waals surface area contributed by atoms with Crippen molar-refractivity contribution in [3.8, 4) is 11.1 Å². The molecular weight excluding hydrogens is 931 g/mol. The second-order valence-electron chi connectivity index (χ2n) is 18.1. The highest BCUT2D eigenvalue weighted by Gasteiger charge is 2.24. The van der Waals surface area contributed by atoms with Gasteiger partial charge in [0.15, 0.2) is 0 Å². The number of hydrogen-bond acceptors (Lipinski definition) is 6. The molecule has 72 heavy (non-hydrogen) atoms. The van der Waals surface area contributed by atoms with Gasteiger partial charge in [0, 0.05) is 101 Å². The summed E-state index contributed by atoms with van der Waals surface area (Å²) in [6.07, 6.45) is 0. The summed E-state index contributed by atoms with van der Waals surface area (Å²) in [5, 5.41) is 7.62. The number of fused-ring (bicyclic) bond motifs is 9. The van der Waals surface area contributed by atoms with E-state index in [0.717, 1.165) is 51.2 Å². The lowest BCUT2D eigenvalue weighted by Crippen LogP contribution is -2.13. The average molecular weight is 974 g/mol. The van der Waals surface area contributed by atoms with Crippen molar-refractivity contribution >= 4 is 146 Å². The molecule has 0 amide bonds. The Bertz CT molecular complexity index is 4240. The molecule has 14 aromatic rings. The van der Waals surface area contributed by atoms with E-state index in [2.05, 4.69) is 276 Å². The number of rotatable bonds is 10. The summed E-state index contributed by atoms with van der Waals surface area (Å²) < 4.78 is 7.66. The fourth-order valence-electron chi connectivity index (χ4n) is 10.5. The summed E-state index contributed by atoms with van der Waals surface area (Å²) in [5.41, 5.74) is 12.3. The van der Waals surface area contributed by atoms with Crippen molar-refractivity contribution in [1.82, 2.24) is 0 Å². The monoisotopic (exact) mass is 973 g/mol. The first-order valence-electron chi connectivity index (χ1n) is 24.2. The third-order valence-electron chi connectivity index (χ3n) is 13.8. The van der Waals surface area contributed by atoms with E-state index in [1.54, 1.807) is 0 Å². The molecule has 0 aliphatic heterocycles. The zero-order valence-electron chi connectivity index (χ0n) is 38.9. The van der Waals surface area contributed by atoms with Gasteiger partial charge in [-0.2, -0.15) is 0 Å². The first kappa shape index (κ1) is 42.4. The number of nitrogens with zero attached hydrogens (tertiary/aromatic N) is 3. The van der Waals surface area contributed by atoms with Gasteiger partial charge in [0.25, 0.3) is 0 Å². The van der Waals surface area contributed by atoms with E-state index in [9.17, 15) is 0 Å². The van der Waals surface area contributed by atoms with Crippen LogP contribution >= 0.6 is 34.0 Å². The largest absolute Gasteiger partial charge is 0.310 e. The summed E-state index contributed by atoms with van der Waals surface area (Å²) >= 11 is 5.58. The fraction of sp³-hybridized carbons (Fsp3) is 0. The third-order valence-corrected chi connectivity index (χ3v) is 17.3. The van der Waals surface area contributed by atoms with E-state index in [1.165, 1.54) is 71.6 Å². The topological polar surface area (TPSA) is 9.72 Å². The predicted molar refractivity (Wildman–Crippen MR) is 315 cm³/mol. The summed E-state index contributed by atoms with van der Waals surface area (Å²) in [7, 11) is 0. The van der Waals surface area contributed by atoms with Gasteiger partial charge in [-0.15, -0.1) is 34.0 Å². The van der Waals surface area contributed by atoms with Crippen molar-refractivity contribution in [2.75, 3.05) is 14.7 Å². The zero-order valence-corrected chi connectivity index (χ0v) is 41.3. The van der Waals surface area contributed by atoms with Gasteiger partial charge in [-0.3, -0.25) is 0 Å². The Morgan fingerprint density at radius 2 is 0.611 bits per heavy atom.